The Morgan fingerprint density at radius 3 is 2.26 bits per heavy atom. The first-order valence-corrected chi connectivity index (χ1v) is 9.47. The smallest absolute Gasteiger partial charge is 0.264 e. The first kappa shape index (κ1) is 19.2. The van der Waals surface area contributed by atoms with Crippen molar-refractivity contribution in [3.63, 3.8) is 0 Å². The second-order valence-electron chi connectivity index (χ2n) is 6.38. The van der Waals surface area contributed by atoms with Crippen LogP contribution in [0.3, 0.4) is 0 Å². The zero-order valence-electron chi connectivity index (χ0n) is 15.7. The number of para-hydroxylation sites is 1. The van der Waals surface area contributed by atoms with E-state index in [1.165, 1.54) is 6.42 Å². The van der Waals surface area contributed by atoms with Gasteiger partial charge in [-0.15, -0.1) is 0 Å². The lowest BCUT2D eigenvalue weighted by molar-refractivity contribution is 0.0999. The number of hydrogen-bond donors (Lipinski definition) is 0. The minimum atomic E-state index is -0.183. The number of anilines is 1. The van der Waals surface area contributed by atoms with E-state index in [9.17, 15) is 4.79 Å². The Labute approximate surface area is 165 Å². The van der Waals surface area contributed by atoms with Gasteiger partial charge in [-0.2, -0.15) is 0 Å². The van der Waals surface area contributed by atoms with Crippen LogP contribution in [0.4, 0.5) is 5.69 Å². The highest BCUT2D eigenvalue weighted by molar-refractivity contribution is 7.80. The minimum Gasteiger partial charge on any atom is -0.493 e. The molecule has 5 nitrogen and oxygen atoms in total. The van der Waals surface area contributed by atoms with E-state index in [2.05, 4.69) is 4.90 Å². The fourth-order valence-electron chi connectivity index (χ4n) is 3.22. The lowest BCUT2D eigenvalue weighted by Gasteiger charge is -2.34. The van der Waals surface area contributed by atoms with Gasteiger partial charge in [0.15, 0.2) is 16.6 Å². The molecule has 1 amide bonds. The Morgan fingerprint density at radius 1 is 0.963 bits per heavy atom. The van der Waals surface area contributed by atoms with Crippen LogP contribution in [0.15, 0.2) is 48.5 Å². The number of carbonyl (C=O) groups is 1. The second kappa shape index (κ2) is 8.86. The molecule has 0 atom stereocenters. The van der Waals surface area contributed by atoms with Crippen LogP contribution in [0, 0.1) is 0 Å². The third-order valence-electron chi connectivity index (χ3n) is 4.67. The van der Waals surface area contributed by atoms with Crippen molar-refractivity contribution in [2.24, 2.45) is 0 Å². The van der Waals surface area contributed by atoms with Crippen molar-refractivity contribution in [2.75, 3.05) is 32.2 Å². The topological polar surface area (TPSA) is 42.0 Å². The maximum absolute atomic E-state index is 13.4. The van der Waals surface area contributed by atoms with Crippen LogP contribution in [-0.4, -0.2) is 43.2 Å². The Balaban J connectivity index is 1.97. The van der Waals surface area contributed by atoms with Gasteiger partial charge in [0.1, 0.15) is 0 Å². The second-order valence-corrected chi connectivity index (χ2v) is 6.74. The molecule has 1 heterocycles. The molecule has 142 valence electrons. The van der Waals surface area contributed by atoms with Crippen molar-refractivity contribution in [3.05, 3.63) is 54.1 Å². The van der Waals surface area contributed by atoms with Crippen LogP contribution in [0.25, 0.3) is 0 Å². The van der Waals surface area contributed by atoms with Gasteiger partial charge in [0.05, 0.1) is 19.9 Å². The van der Waals surface area contributed by atoms with Gasteiger partial charge in [0.2, 0.25) is 0 Å². The number of carbonyl (C=O) groups excluding carboxylic acids is 1. The predicted molar refractivity (Wildman–Crippen MR) is 111 cm³/mol. The number of benzene rings is 2. The van der Waals surface area contributed by atoms with E-state index in [1.807, 2.05) is 30.3 Å². The molecule has 3 rings (SSSR count). The molecule has 2 aromatic rings. The molecule has 1 saturated heterocycles. The quantitative estimate of drug-likeness (QED) is 0.742. The van der Waals surface area contributed by atoms with Crippen molar-refractivity contribution in [3.8, 4) is 11.5 Å². The number of methoxy groups -OCH3 is 2. The van der Waals surface area contributed by atoms with Gasteiger partial charge in [-0.05, 0) is 61.8 Å². The maximum Gasteiger partial charge on any atom is 0.264 e. The molecule has 0 aromatic heterocycles. The average Bonchev–Trinajstić information content (AvgIpc) is 2.74. The number of hydrogen-bond acceptors (Lipinski definition) is 4. The summed E-state index contributed by atoms with van der Waals surface area (Å²) in [4.78, 5) is 17.1. The molecule has 2 aromatic carbocycles. The summed E-state index contributed by atoms with van der Waals surface area (Å²) in [7, 11) is 3.13. The maximum atomic E-state index is 13.4. The van der Waals surface area contributed by atoms with Crippen LogP contribution in [0.1, 0.15) is 29.6 Å². The van der Waals surface area contributed by atoms with Crippen LogP contribution < -0.4 is 14.4 Å². The van der Waals surface area contributed by atoms with E-state index in [0.29, 0.717) is 22.2 Å². The first-order chi connectivity index (χ1) is 13.2. The molecule has 0 saturated carbocycles. The van der Waals surface area contributed by atoms with Crippen molar-refractivity contribution in [1.29, 1.82) is 0 Å². The zero-order valence-corrected chi connectivity index (χ0v) is 16.5. The predicted octanol–water partition coefficient (Wildman–Crippen LogP) is 4.12. The molecule has 1 aliphatic heterocycles. The van der Waals surface area contributed by atoms with Gasteiger partial charge in [0.25, 0.3) is 5.91 Å². The lowest BCUT2D eigenvalue weighted by atomic mass is 10.1. The Bertz CT molecular complexity index is 804. The van der Waals surface area contributed by atoms with E-state index >= 15 is 0 Å². The summed E-state index contributed by atoms with van der Waals surface area (Å²) in [6.45, 7) is 1.75. The van der Waals surface area contributed by atoms with Gasteiger partial charge < -0.3 is 14.4 Å². The Hall–Kier alpha value is -2.60. The third-order valence-corrected chi connectivity index (χ3v) is 5.11. The summed E-state index contributed by atoms with van der Waals surface area (Å²) in [6.07, 6.45) is 3.38. The number of likely N-dealkylation sites (tertiary alicyclic amines) is 1. The summed E-state index contributed by atoms with van der Waals surface area (Å²) in [5.74, 6) is 0.914. The molecule has 0 unspecified atom stereocenters. The van der Waals surface area contributed by atoms with Crippen LogP contribution >= 0.6 is 12.2 Å². The highest BCUT2D eigenvalue weighted by Crippen LogP contribution is 2.29. The molecule has 1 aliphatic rings. The van der Waals surface area contributed by atoms with Gasteiger partial charge in [0, 0.05) is 18.7 Å². The number of rotatable bonds is 4. The molecule has 0 aliphatic carbocycles. The summed E-state index contributed by atoms with van der Waals surface area (Å²) < 4.78 is 10.6. The minimum absolute atomic E-state index is 0.183. The van der Waals surface area contributed by atoms with E-state index in [1.54, 1.807) is 37.3 Å². The SMILES string of the molecule is COc1ccc(C(=O)N(C(=S)N2CCCCC2)c2ccccc2)cc1OC. The van der Waals surface area contributed by atoms with Crippen molar-refractivity contribution >= 4 is 28.9 Å². The molecular formula is C21H24N2O3S. The largest absolute Gasteiger partial charge is 0.493 e. The molecular weight excluding hydrogens is 360 g/mol. The van der Waals surface area contributed by atoms with Crippen LogP contribution in [0.5, 0.6) is 11.5 Å². The van der Waals surface area contributed by atoms with Crippen molar-refractivity contribution in [1.82, 2.24) is 4.90 Å². The molecule has 6 heteroatoms. The Morgan fingerprint density at radius 2 is 1.63 bits per heavy atom. The van der Waals surface area contributed by atoms with E-state index in [-0.39, 0.29) is 5.91 Å². The highest BCUT2D eigenvalue weighted by atomic mass is 32.1. The van der Waals surface area contributed by atoms with Crippen LogP contribution in [0.2, 0.25) is 0 Å². The van der Waals surface area contributed by atoms with Gasteiger partial charge in [-0.1, -0.05) is 18.2 Å². The standard InChI is InChI=1S/C21H24N2O3S/c1-25-18-12-11-16(15-19(18)26-2)20(24)23(17-9-5-3-6-10-17)21(27)22-13-7-4-8-14-22/h3,5-6,9-12,15H,4,7-8,13-14H2,1-2H3. The molecule has 0 radical (unpaired) electrons. The summed E-state index contributed by atoms with van der Waals surface area (Å²) in [6, 6.07) is 14.7. The first-order valence-electron chi connectivity index (χ1n) is 9.06. The number of nitrogens with zero attached hydrogens (tertiary/aromatic N) is 2. The average molecular weight is 385 g/mol. The lowest BCUT2D eigenvalue weighted by Crippen LogP contribution is -2.48. The van der Waals surface area contributed by atoms with E-state index in [4.69, 9.17) is 21.7 Å². The third kappa shape index (κ3) is 4.22. The Kier molecular flexibility index (Phi) is 6.29. The highest BCUT2D eigenvalue weighted by Gasteiger charge is 2.27. The molecule has 0 N–H and O–H groups in total. The molecule has 0 bridgehead atoms. The molecule has 27 heavy (non-hydrogen) atoms. The summed E-state index contributed by atoms with van der Waals surface area (Å²) >= 11 is 5.74. The van der Waals surface area contributed by atoms with Gasteiger partial charge in [-0.3, -0.25) is 9.69 Å². The van der Waals surface area contributed by atoms with Gasteiger partial charge in [-0.25, -0.2) is 0 Å². The number of amides is 1. The van der Waals surface area contributed by atoms with Crippen molar-refractivity contribution in [2.45, 2.75) is 19.3 Å². The zero-order chi connectivity index (χ0) is 19.2. The fourth-order valence-corrected chi connectivity index (χ4v) is 3.59. The van der Waals surface area contributed by atoms with Gasteiger partial charge >= 0.3 is 0 Å². The monoisotopic (exact) mass is 384 g/mol. The fraction of sp³-hybridized carbons (Fsp3) is 0.333. The number of thiocarbonyl (C=S) groups is 1. The summed E-state index contributed by atoms with van der Waals surface area (Å²) in [5.41, 5.74) is 1.25. The normalized spacial score (nSPS) is 13.8. The number of piperidine rings is 1. The summed E-state index contributed by atoms with van der Waals surface area (Å²) in [5, 5.41) is 0.542. The molecule has 0 spiro atoms. The van der Waals surface area contributed by atoms with E-state index < -0.39 is 0 Å². The van der Waals surface area contributed by atoms with Crippen LogP contribution in [-0.2, 0) is 0 Å². The number of ether oxygens (including phenoxy) is 2. The van der Waals surface area contributed by atoms with Crippen molar-refractivity contribution < 1.29 is 14.3 Å². The van der Waals surface area contributed by atoms with E-state index in [0.717, 1.165) is 31.6 Å². The molecule has 1 fully saturated rings.